The van der Waals surface area contributed by atoms with Gasteiger partial charge in [0.15, 0.2) is 0 Å². The monoisotopic (exact) mass is 819 g/mol. The van der Waals surface area contributed by atoms with Crippen molar-refractivity contribution >= 4 is 23.1 Å². The van der Waals surface area contributed by atoms with Crippen molar-refractivity contribution in [3.63, 3.8) is 0 Å². The molecule has 8 heteroatoms. The molecule has 10 rings (SSSR count). The molecule has 0 saturated heterocycles. The van der Waals surface area contributed by atoms with Gasteiger partial charge < -0.3 is 20.4 Å². The van der Waals surface area contributed by atoms with E-state index in [0.717, 1.165) is 75.0 Å². The highest BCUT2D eigenvalue weighted by Crippen LogP contribution is 2.68. The Morgan fingerprint density at radius 1 is 0.550 bits per heavy atom. The lowest BCUT2D eigenvalue weighted by molar-refractivity contribution is -0.135. The van der Waals surface area contributed by atoms with Crippen LogP contribution < -0.4 is 0 Å². The molecule has 0 bridgehead atoms. The molecule has 0 spiro atoms. The van der Waals surface area contributed by atoms with E-state index in [2.05, 4.69) is 86.2 Å². The number of hydrogen-bond acceptors (Lipinski definition) is 6. The number of carboxylic acids is 2. The first-order valence-electron chi connectivity index (χ1n) is 22.9. The van der Waals surface area contributed by atoms with Crippen LogP contribution in [0.4, 0.5) is 0 Å². The van der Waals surface area contributed by atoms with E-state index in [0.29, 0.717) is 21.7 Å². The first-order chi connectivity index (χ1) is 28.5. The summed E-state index contributed by atoms with van der Waals surface area (Å²) >= 11 is 0. The minimum atomic E-state index is -0.833. The van der Waals surface area contributed by atoms with Gasteiger partial charge in [-0.1, -0.05) is 75.3 Å². The maximum absolute atomic E-state index is 10.2. The Kier molecular flexibility index (Phi) is 12.9. The van der Waals surface area contributed by atoms with Crippen LogP contribution in [0.1, 0.15) is 143 Å². The SMILES string of the molecule is CC(=O)O.CC(=O)O.C[C@]12CC[C@H](O)CC1=CC[C@@H]1[C@@H]2CC[C@]2(C)C(c3cccnc3)=CC[C@@H]12.C[C@]12CC[C@H](O)CC1=CC[C@@H]1[C@@H]2CC[C@]2(C)C(c3cccnc3)=CC[C@@H]12. The molecule has 2 aromatic heterocycles. The van der Waals surface area contributed by atoms with Crippen LogP contribution in [0.15, 0.2) is 84.5 Å². The summed E-state index contributed by atoms with van der Waals surface area (Å²) in [6, 6.07) is 8.62. The van der Waals surface area contributed by atoms with E-state index in [1.165, 1.54) is 75.3 Å². The fraction of sp³-hybridized carbons (Fsp3) is 0.615. The van der Waals surface area contributed by atoms with Crippen LogP contribution in [0.2, 0.25) is 0 Å². The number of carbonyl (C=O) groups is 2. The standard InChI is InChI=1S/2C24H31NO.2C2H4O2/c2*1-23-11-9-18(26)14-17(23)5-6-19-21-8-7-20(16-4-3-13-25-15-16)24(21,2)12-10-22(19)23;2*1-2(3)4/h2*3-5,7,13,15,18-19,21-22,26H,6,8-12,14H2,1-2H3;2*1H3,(H,3,4)/t2*18-,19-,21-,22-,23-,24+;;/m00../s1. The maximum atomic E-state index is 10.2. The lowest BCUT2D eigenvalue weighted by Crippen LogP contribution is -2.49. The summed E-state index contributed by atoms with van der Waals surface area (Å²) in [5.41, 5.74) is 10.2. The quantitative estimate of drug-likeness (QED) is 0.220. The molecule has 8 aliphatic carbocycles. The van der Waals surface area contributed by atoms with Gasteiger partial charge in [0.1, 0.15) is 0 Å². The summed E-state index contributed by atoms with van der Waals surface area (Å²) in [5.74, 6) is 3.05. The average Bonchev–Trinajstić information content (AvgIpc) is 3.76. The van der Waals surface area contributed by atoms with Crippen LogP contribution >= 0.6 is 0 Å². The third-order valence-corrected chi connectivity index (χ3v) is 17.3. The topological polar surface area (TPSA) is 141 Å². The van der Waals surface area contributed by atoms with Gasteiger partial charge in [0.2, 0.25) is 0 Å². The van der Waals surface area contributed by atoms with Gasteiger partial charge in [-0.2, -0.15) is 0 Å². The van der Waals surface area contributed by atoms with Gasteiger partial charge in [-0.3, -0.25) is 19.6 Å². The smallest absolute Gasteiger partial charge is 0.300 e. The molecule has 12 atom stereocenters. The number of carboxylic acid groups (broad SMARTS) is 2. The Morgan fingerprint density at radius 3 is 1.27 bits per heavy atom. The van der Waals surface area contributed by atoms with Gasteiger partial charge in [0.25, 0.3) is 11.9 Å². The summed E-state index contributed by atoms with van der Waals surface area (Å²) in [7, 11) is 0. The molecule has 8 nitrogen and oxygen atoms in total. The van der Waals surface area contributed by atoms with Crippen molar-refractivity contribution in [1.82, 2.24) is 9.97 Å². The average molecular weight is 819 g/mol. The van der Waals surface area contributed by atoms with E-state index in [4.69, 9.17) is 19.8 Å². The Balaban J connectivity index is 0.000000154. The molecule has 60 heavy (non-hydrogen) atoms. The molecule has 2 aromatic rings. The second-order valence-electron chi connectivity index (χ2n) is 20.5. The number of aliphatic hydroxyl groups is 2. The number of aliphatic carboxylic acids is 2. The second kappa shape index (κ2) is 17.5. The molecule has 8 aliphatic rings. The molecule has 4 saturated carbocycles. The molecule has 0 radical (unpaired) electrons. The van der Waals surface area contributed by atoms with E-state index >= 15 is 0 Å². The molecule has 0 aliphatic heterocycles. The van der Waals surface area contributed by atoms with Gasteiger partial charge in [0.05, 0.1) is 12.2 Å². The highest BCUT2D eigenvalue weighted by Gasteiger charge is 2.58. The van der Waals surface area contributed by atoms with Gasteiger partial charge in [-0.25, -0.2) is 0 Å². The molecule has 0 amide bonds. The minimum absolute atomic E-state index is 0.106. The fourth-order valence-corrected chi connectivity index (χ4v) is 14.4. The minimum Gasteiger partial charge on any atom is -0.481 e. The van der Waals surface area contributed by atoms with Crippen molar-refractivity contribution in [3.8, 4) is 0 Å². The predicted octanol–water partition coefficient (Wildman–Crippen LogP) is 11.0. The van der Waals surface area contributed by atoms with Crippen molar-refractivity contribution in [2.45, 2.75) is 144 Å². The zero-order valence-corrected chi connectivity index (χ0v) is 36.9. The van der Waals surface area contributed by atoms with Crippen molar-refractivity contribution in [1.29, 1.82) is 0 Å². The van der Waals surface area contributed by atoms with E-state index < -0.39 is 11.9 Å². The Morgan fingerprint density at radius 2 is 0.917 bits per heavy atom. The van der Waals surface area contributed by atoms with E-state index in [1.807, 2.05) is 24.8 Å². The predicted molar refractivity (Wildman–Crippen MR) is 237 cm³/mol. The molecular weight excluding hydrogens is 749 g/mol. The summed E-state index contributed by atoms with van der Waals surface area (Å²) in [4.78, 5) is 26.8. The van der Waals surface area contributed by atoms with Gasteiger partial charge in [0, 0.05) is 38.6 Å². The summed E-state index contributed by atoms with van der Waals surface area (Å²) < 4.78 is 0. The van der Waals surface area contributed by atoms with Crippen LogP contribution in [0.25, 0.3) is 11.1 Å². The zero-order valence-electron chi connectivity index (χ0n) is 36.9. The largest absolute Gasteiger partial charge is 0.481 e. The summed E-state index contributed by atoms with van der Waals surface area (Å²) in [6.07, 6.45) is 34.0. The lowest BCUT2D eigenvalue weighted by atomic mass is 9.47. The van der Waals surface area contributed by atoms with Crippen LogP contribution in [0, 0.1) is 57.2 Å². The number of aliphatic hydroxyl groups excluding tert-OH is 2. The first-order valence-corrected chi connectivity index (χ1v) is 22.9. The number of fused-ring (bicyclic) bond motifs is 10. The highest BCUT2D eigenvalue weighted by molar-refractivity contribution is 5.73. The van der Waals surface area contributed by atoms with Crippen molar-refractivity contribution < 1.29 is 30.0 Å². The van der Waals surface area contributed by atoms with Crippen LogP contribution in [-0.4, -0.2) is 54.5 Å². The number of allylic oxidation sites excluding steroid dienone is 6. The molecule has 0 unspecified atom stereocenters. The Hall–Kier alpha value is -3.88. The Bertz CT molecular complexity index is 1860. The number of hydrogen-bond donors (Lipinski definition) is 4. The van der Waals surface area contributed by atoms with Crippen LogP contribution in [0.5, 0.6) is 0 Å². The van der Waals surface area contributed by atoms with Crippen molar-refractivity contribution in [3.05, 3.63) is 95.6 Å². The Labute approximate surface area is 358 Å². The molecular formula is C52H70N2O6. The number of pyridine rings is 2. The van der Waals surface area contributed by atoms with Crippen molar-refractivity contribution in [2.24, 2.45) is 57.2 Å². The number of rotatable bonds is 2. The molecule has 2 heterocycles. The van der Waals surface area contributed by atoms with E-state index in [9.17, 15) is 10.2 Å². The second-order valence-corrected chi connectivity index (χ2v) is 20.5. The number of nitrogens with zero attached hydrogens (tertiary/aromatic N) is 2. The first kappa shape index (κ1) is 44.2. The molecule has 4 fully saturated rings. The molecule has 0 aromatic carbocycles. The normalized spacial score (nSPS) is 39.3. The molecule has 324 valence electrons. The van der Waals surface area contributed by atoms with Crippen LogP contribution in [0.3, 0.4) is 0 Å². The van der Waals surface area contributed by atoms with E-state index in [1.54, 1.807) is 22.3 Å². The third kappa shape index (κ3) is 8.24. The highest BCUT2D eigenvalue weighted by atomic mass is 16.4. The van der Waals surface area contributed by atoms with Crippen molar-refractivity contribution in [2.75, 3.05) is 0 Å². The summed E-state index contributed by atoms with van der Waals surface area (Å²) in [5, 5.41) is 35.1. The number of aromatic nitrogens is 2. The zero-order chi connectivity index (χ0) is 43.0. The fourth-order valence-electron chi connectivity index (χ4n) is 14.4. The molecule has 4 N–H and O–H groups in total. The summed E-state index contributed by atoms with van der Waals surface area (Å²) in [6.45, 7) is 12.2. The third-order valence-electron chi connectivity index (χ3n) is 17.3. The lowest BCUT2D eigenvalue weighted by Gasteiger charge is -2.57. The maximum Gasteiger partial charge on any atom is 0.300 e. The van der Waals surface area contributed by atoms with Gasteiger partial charge >= 0.3 is 0 Å². The van der Waals surface area contributed by atoms with Crippen LogP contribution in [-0.2, 0) is 9.59 Å². The van der Waals surface area contributed by atoms with Gasteiger partial charge in [-0.15, -0.1) is 0 Å². The van der Waals surface area contributed by atoms with E-state index in [-0.39, 0.29) is 12.2 Å². The van der Waals surface area contributed by atoms with Gasteiger partial charge in [-0.05, 0) is 181 Å².